The number of hydrogen-bond acceptors (Lipinski definition) is 4. The molecule has 1 atom stereocenters. The SMILES string of the molecule is COCCN(Cc1ccco1)S(=O)(=O)N1CCCC[C@@H]1C. The smallest absolute Gasteiger partial charge is 0.282 e. The Hall–Kier alpha value is -0.890. The van der Waals surface area contributed by atoms with E-state index in [1.165, 1.54) is 4.31 Å². The van der Waals surface area contributed by atoms with Crippen molar-refractivity contribution in [2.75, 3.05) is 26.8 Å². The van der Waals surface area contributed by atoms with Crippen molar-refractivity contribution in [1.29, 1.82) is 0 Å². The van der Waals surface area contributed by atoms with Crippen LogP contribution in [-0.2, 0) is 21.5 Å². The highest BCUT2D eigenvalue weighted by Crippen LogP contribution is 2.23. The van der Waals surface area contributed by atoms with Gasteiger partial charge in [-0.1, -0.05) is 6.42 Å². The molecule has 0 saturated carbocycles. The zero-order valence-electron chi connectivity index (χ0n) is 12.7. The van der Waals surface area contributed by atoms with E-state index in [9.17, 15) is 8.42 Å². The number of rotatable bonds is 7. The summed E-state index contributed by atoms with van der Waals surface area (Å²) in [5, 5.41) is 0. The normalized spacial score (nSPS) is 21.0. The first-order chi connectivity index (χ1) is 10.1. The molecule has 0 radical (unpaired) electrons. The monoisotopic (exact) mass is 316 g/mol. The van der Waals surface area contributed by atoms with Crippen LogP contribution in [0.3, 0.4) is 0 Å². The van der Waals surface area contributed by atoms with Gasteiger partial charge in [0.2, 0.25) is 0 Å². The number of piperidine rings is 1. The molecule has 1 aromatic heterocycles. The van der Waals surface area contributed by atoms with Gasteiger partial charge < -0.3 is 9.15 Å². The molecule has 0 bridgehead atoms. The quantitative estimate of drug-likeness (QED) is 0.770. The summed E-state index contributed by atoms with van der Waals surface area (Å²) in [5.74, 6) is 0.638. The van der Waals surface area contributed by atoms with Crippen LogP contribution in [0.2, 0.25) is 0 Å². The van der Waals surface area contributed by atoms with Crippen LogP contribution in [0.4, 0.5) is 0 Å². The topological polar surface area (TPSA) is 63.0 Å². The third-order valence-corrected chi connectivity index (χ3v) is 5.92. The van der Waals surface area contributed by atoms with E-state index in [-0.39, 0.29) is 12.6 Å². The summed E-state index contributed by atoms with van der Waals surface area (Å²) in [6.45, 7) is 3.48. The summed E-state index contributed by atoms with van der Waals surface area (Å²) < 4.78 is 39.1. The minimum Gasteiger partial charge on any atom is -0.468 e. The number of methoxy groups -OCH3 is 1. The van der Waals surface area contributed by atoms with Gasteiger partial charge >= 0.3 is 0 Å². The summed E-state index contributed by atoms with van der Waals surface area (Å²) in [4.78, 5) is 0. The van der Waals surface area contributed by atoms with Gasteiger partial charge in [-0.2, -0.15) is 17.0 Å². The predicted octanol–water partition coefficient (Wildman–Crippen LogP) is 1.85. The average Bonchev–Trinajstić information content (AvgIpc) is 2.96. The Morgan fingerprint density at radius 3 is 2.90 bits per heavy atom. The van der Waals surface area contributed by atoms with Gasteiger partial charge in [-0.05, 0) is 31.9 Å². The van der Waals surface area contributed by atoms with E-state index in [2.05, 4.69) is 0 Å². The molecule has 0 aliphatic carbocycles. The largest absolute Gasteiger partial charge is 0.468 e. The van der Waals surface area contributed by atoms with Crippen LogP contribution >= 0.6 is 0 Å². The molecular formula is C14H24N2O4S. The van der Waals surface area contributed by atoms with E-state index in [0.717, 1.165) is 19.3 Å². The molecule has 1 aliphatic heterocycles. The molecular weight excluding hydrogens is 292 g/mol. The second-order valence-electron chi connectivity index (χ2n) is 5.37. The maximum Gasteiger partial charge on any atom is 0.282 e. The third kappa shape index (κ3) is 4.06. The fourth-order valence-corrected chi connectivity index (χ4v) is 4.42. The number of ether oxygens (including phenoxy) is 1. The van der Waals surface area contributed by atoms with Gasteiger partial charge in [0.25, 0.3) is 10.2 Å². The molecule has 0 amide bonds. The fraction of sp³-hybridized carbons (Fsp3) is 0.714. The minimum absolute atomic E-state index is 0.0467. The Balaban J connectivity index is 2.16. The molecule has 2 rings (SSSR count). The van der Waals surface area contributed by atoms with Crippen LogP contribution in [0.15, 0.2) is 22.8 Å². The van der Waals surface area contributed by atoms with Crippen molar-refractivity contribution in [2.24, 2.45) is 0 Å². The van der Waals surface area contributed by atoms with Crippen LogP contribution in [0.5, 0.6) is 0 Å². The predicted molar refractivity (Wildman–Crippen MR) is 79.9 cm³/mol. The lowest BCUT2D eigenvalue weighted by Gasteiger charge is -2.36. The van der Waals surface area contributed by atoms with E-state index in [0.29, 0.717) is 25.5 Å². The van der Waals surface area contributed by atoms with E-state index in [1.54, 1.807) is 29.8 Å². The van der Waals surface area contributed by atoms with Gasteiger partial charge in [-0.3, -0.25) is 0 Å². The number of nitrogens with zero attached hydrogens (tertiary/aromatic N) is 2. The van der Waals surface area contributed by atoms with Gasteiger partial charge in [-0.15, -0.1) is 0 Å². The maximum absolute atomic E-state index is 12.9. The number of hydrogen-bond donors (Lipinski definition) is 0. The molecule has 21 heavy (non-hydrogen) atoms. The van der Waals surface area contributed by atoms with Gasteiger partial charge in [0, 0.05) is 26.2 Å². The van der Waals surface area contributed by atoms with Crippen molar-refractivity contribution in [3.8, 4) is 0 Å². The Bertz CT molecular complexity index is 515. The second kappa shape index (κ2) is 7.40. The Kier molecular flexibility index (Phi) is 5.80. The molecule has 7 heteroatoms. The van der Waals surface area contributed by atoms with Gasteiger partial charge in [-0.25, -0.2) is 0 Å². The molecule has 0 aromatic carbocycles. The molecule has 1 fully saturated rings. The Morgan fingerprint density at radius 1 is 1.48 bits per heavy atom. The van der Waals surface area contributed by atoms with Crippen molar-refractivity contribution >= 4 is 10.2 Å². The van der Waals surface area contributed by atoms with Crippen molar-refractivity contribution in [3.63, 3.8) is 0 Å². The highest BCUT2D eigenvalue weighted by atomic mass is 32.2. The molecule has 6 nitrogen and oxygen atoms in total. The first kappa shape index (κ1) is 16.5. The molecule has 120 valence electrons. The highest BCUT2D eigenvalue weighted by Gasteiger charge is 2.34. The summed E-state index contributed by atoms with van der Waals surface area (Å²) in [5.41, 5.74) is 0. The first-order valence-corrected chi connectivity index (χ1v) is 8.73. The average molecular weight is 316 g/mol. The zero-order chi connectivity index (χ0) is 15.3. The second-order valence-corrected chi connectivity index (χ2v) is 7.25. The summed E-state index contributed by atoms with van der Waals surface area (Å²) in [7, 11) is -1.92. The lowest BCUT2D eigenvalue weighted by molar-refractivity contribution is 0.166. The molecule has 1 aromatic rings. The fourth-order valence-electron chi connectivity index (χ4n) is 2.61. The van der Waals surface area contributed by atoms with Gasteiger partial charge in [0.05, 0.1) is 19.4 Å². The van der Waals surface area contributed by atoms with Crippen molar-refractivity contribution in [3.05, 3.63) is 24.2 Å². The molecule has 2 heterocycles. The van der Waals surface area contributed by atoms with Crippen LogP contribution in [0.25, 0.3) is 0 Å². The molecule has 1 saturated heterocycles. The van der Waals surface area contributed by atoms with Gasteiger partial charge in [0.15, 0.2) is 0 Å². The van der Waals surface area contributed by atoms with Crippen LogP contribution in [0, 0.1) is 0 Å². The molecule has 0 N–H and O–H groups in total. The van der Waals surface area contributed by atoms with Gasteiger partial charge in [0.1, 0.15) is 5.76 Å². The van der Waals surface area contributed by atoms with Crippen LogP contribution < -0.4 is 0 Å². The first-order valence-electron chi connectivity index (χ1n) is 7.34. The summed E-state index contributed by atoms with van der Waals surface area (Å²) in [6.07, 6.45) is 4.48. The summed E-state index contributed by atoms with van der Waals surface area (Å²) >= 11 is 0. The summed E-state index contributed by atoms with van der Waals surface area (Å²) in [6, 6.07) is 3.60. The Labute approximate surface area is 126 Å². The van der Waals surface area contributed by atoms with E-state index in [4.69, 9.17) is 9.15 Å². The van der Waals surface area contributed by atoms with E-state index in [1.807, 2.05) is 6.92 Å². The molecule has 0 spiro atoms. The standard InChI is InChI=1S/C14H24N2O4S/c1-13-6-3-4-8-16(13)21(17,18)15(9-11-19-2)12-14-7-5-10-20-14/h5,7,10,13H,3-4,6,8-9,11-12H2,1-2H3/t13-/m0/s1. The van der Waals surface area contributed by atoms with Crippen molar-refractivity contribution < 1.29 is 17.6 Å². The van der Waals surface area contributed by atoms with Crippen LogP contribution in [0.1, 0.15) is 31.9 Å². The van der Waals surface area contributed by atoms with Crippen LogP contribution in [-0.4, -0.2) is 49.9 Å². The Morgan fingerprint density at radius 2 is 2.29 bits per heavy atom. The maximum atomic E-state index is 12.9. The highest BCUT2D eigenvalue weighted by molar-refractivity contribution is 7.86. The zero-order valence-corrected chi connectivity index (χ0v) is 13.5. The number of furan rings is 1. The molecule has 0 unspecified atom stereocenters. The third-order valence-electron chi connectivity index (χ3n) is 3.82. The lowest BCUT2D eigenvalue weighted by Crippen LogP contribution is -2.50. The lowest BCUT2D eigenvalue weighted by atomic mass is 10.1. The molecule has 1 aliphatic rings. The van der Waals surface area contributed by atoms with Crippen molar-refractivity contribution in [2.45, 2.75) is 38.8 Å². The van der Waals surface area contributed by atoms with Crippen molar-refractivity contribution in [1.82, 2.24) is 8.61 Å². The van der Waals surface area contributed by atoms with E-state index >= 15 is 0 Å². The van der Waals surface area contributed by atoms with E-state index < -0.39 is 10.2 Å². The minimum atomic E-state index is -3.49.